The molecular formula is C24H18ClN3O3S. The van der Waals surface area contributed by atoms with E-state index in [4.69, 9.17) is 11.6 Å². The zero-order chi connectivity index (χ0) is 22.7. The van der Waals surface area contributed by atoms with Gasteiger partial charge in [0.1, 0.15) is 5.75 Å². The molecule has 1 fully saturated rings. The maximum absolute atomic E-state index is 12.8. The van der Waals surface area contributed by atoms with Crippen molar-refractivity contribution in [2.75, 3.05) is 0 Å². The Hall–Kier alpha value is -3.42. The molecule has 160 valence electrons. The first-order valence-electron chi connectivity index (χ1n) is 9.71. The van der Waals surface area contributed by atoms with Gasteiger partial charge in [0.15, 0.2) is 0 Å². The first-order valence-corrected chi connectivity index (χ1v) is 10.9. The van der Waals surface area contributed by atoms with Gasteiger partial charge in [-0.05, 0) is 66.2 Å². The number of rotatable bonds is 5. The Morgan fingerprint density at radius 2 is 1.69 bits per heavy atom. The quantitative estimate of drug-likeness (QED) is 0.326. The van der Waals surface area contributed by atoms with Crippen LogP contribution in [-0.4, -0.2) is 21.2 Å². The van der Waals surface area contributed by atoms with Crippen molar-refractivity contribution >= 4 is 52.0 Å². The molecule has 8 heteroatoms. The lowest BCUT2D eigenvalue weighted by Crippen LogP contribution is -2.27. The van der Waals surface area contributed by atoms with Crippen molar-refractivity contribution in [2.24, 2.45) is 10.2 Å². The zero-order valence-electron chi connectivity index (χ0n) is 17.0. The first kappa shape index (κ1) is 21.8. The molecule has 0 radical (unpaired) electrons. The van der Waals surface area contributed by atoms with E-state index in [1.54, 1.807) is 24.3 Å². The Labute approximate surface area is 194 Å². The third-order valence-corrected chi connectivity index (χ3v) is 6.11. The number of aromatic hydroxyl groups is 1. The number of phenolic OH excluding ortho intramolecular Hbond substituents is 1. The molecule has 4 rings (SSSR count). The molecule has 2 amide bonds. The summed E-state index contributed by atoms with van der Waals surface area (Å²) < 4.78 is 0. The van der Waals surface area contributed by atoms with Gasteiger partial charge in [-0.2, -0.15) is 10.2 Å². The van der Waals surface area contributed by atoms with E-state index in [1.807, 2.05) is 43.3 Å². The molecule has 0 bridgehead atoms. The number of carbonyl (C=O) groups excluding carboxylic acids is 2. The highest BCUT2D eigenvalue weighted by Crippen LogP contribution is 2.36. The van der Waals surface area contributed by atoms with Gasteiger partial charge in [0.05, 0.1) is 22.8 Å². The summed E-state index contributed by atoms with van der Waals surface area (Å²) in [5.74, 6) is -0.429. The van der Waals surface area contributed by atoms with Crippen LogP contribution in [0.15, 0.2) is 81.9 Å². The minimum Gasteiger partial charge on any atom is -0.507 e. The van der Waals surface area contributed by atoms with Crippen LogP contribution in [0.3, 0.4) is 0 Å². The number of hydrogen-bond acceptors (Lipinski definition) is 6. The fourth-order valence-electron chi connectivity index (χ4n) is 3.02. The van der Waals surface area contributed by atoms with Gasteiger partial charge in [-0.25, -0.2) is 0 Å². The Bertz CT molecular complexity index is 1260. The van der Waals surface area contributed by atoms with E-state index in [1.165, 1.54) is 17.0 Å². The number of aryl methyl sites for hydroxylation is 1. The van der Waals surface area contributed by atoms with Crippen LogP contribution < -0.4 is 0 Å². The molecule has 1 saturated heterocycles. The van der Waals surface area contributed by atoms with Gasteiger partial charge >= 0.3 is 0 Å². The number of amides is 2. The summed E-state index contributed by atoms with van der Waals surface area (Å²) in [6.07, 6.45) is 1.49. The number of azo groups is 1. The summed E-state index contributed by atoms with van der Waals surface area (Å²) in [4.78, 5) is 26.6. The van der Waals surface area contributed by atoms with Gasteiger partial charge in [0.25, 0.3) is 11.1 Å². The smallest absolute Gasteiger partial charge is 0.293 e. The lowest BCUT2D eigenvalue weighted by Gasteiger charge is -2.12. The predicted octanol–water partition coefficient (Wildman–Crippen LogP) is 7.01. The van der Waals surface area contributed by atoms with Gasteiger partial charge < -0.3 is 5.11 Å². The van der Waals surface area contributed by atoms with Gasteiger partial charge in [0, 0.05) is 10.6 Å². The van der Waals surface area contributed by atoms with E-state index in [-0.39, 0.29) is 22.4 Å². The normalized spacial score (nSPS) is 15.3. The SMILES string of the molecule is Cc1ccc(N=Nc2ccc(O)c(/C=C3\SC(=O)N(Cc4ccccc4)C3=O)c2)cc1Cl. The molecule has 1 aliphatic rings. The molecule has 1 heterocycles. The second kappa shape index (κ2) is 9.38. The summed E-state index contributed by atoms with van der Waals surface area (Å²) in [6.45, 7) is 2.10. The van der Waals surface area contributed by atoms with E-state index < -0.39 is 5.91 Å². The molecule has 1 aliphatic heterocycles. The number of nitrogens with zero attached hydrogens (tertiary/aromatic N) is 3. The van der Waals surface area contributed by atoms with E-state index in [9.17, 15) is 14.7 Å². The van der Waals surface area contributed by atoms with Gasteiger partial charge in [-0.3, -0.25) is 14.5 Å². The van der Waals surface area contributed by atoms with Crippen LogP contribution in [0.5, 0.6) is 5.75 Å². The van der Waals surface area contributed by atoms with Gasteiger partial charge in [-0.15, -0.1) is 0 Å². The molecule has 3 aromatic carbocycles. The summed E-state index contributed by atoms with van der Waals surface area (Å²) in [5.41, 5.74) is 3.25. The number of halogens is 1. The number of thioether (sulfide) groups is 1. The number of hydrogen-bond donors (Lipinski definition) is 1. The Morgan fingerprint density at radius 3 is 2.41 bits per heavy atom. The number of benzene rings is 3. The third kappa shape index (κ3) is 4.90. The molecule has 0 aromatic heterocycles. The van der Waals surface area contributed by atoms with E-state index in [0.717, 1.165) is 22.9 Å². The van der Waals surface area contributed by atoms with Crippen molar-refractivity contribution in [1.82, 2.24) is 4.90 Å². The van der Waals surface area contributed by atoms with Gasteiger partial charge in [-0.1, -0.05) is 48.0 Å². The topological polar surface area (TPSA) is 82.3 Å². The Kier molecular flexibility index (Phi) is 6.39. The maximum Gasteiger partial charge on any atom is 0.293 e. The van der Waals surface area contributed by atoms with Crippen LogP contribution in [0.4, 0.5) is 16.2 Å². The van der Waals surface area contributed by atoms with E-state index in [2.05, 4.69) is 10.2 Å². The largest absolute Gasteiger partial charge is 0.507 e. The minimum absolute atomic E-state index is 0.0304. The van der Waals surface area contributed by atoms with Crippen LogP contribution in [0.25, 0.3) is 6.08 Å². The molecule has 0 unspecified atom stereocenters. The molecular weight excluding hydrogens is 446 g/mol. The number of phenols is 1. The fourth-order valence-corrected chi connectivity index (χ4v) is 4.03. The molecule has 0 saturated carbocycles. The van der Waals surface area contributed by atoms with Crippen molar-refractivity contribution in [3.63, 3.8) is 0 Å². The second-order valence-electron chi connectivity index (χ2n) is 7.13. The standard InChI is InChI=1S/C24H18ClN3O3S/c1-15-7-8-19(13-20(15)25)27-26-18-9-10-21(29)17(11-18)12-22-23(30)28(24(31)32-22)14-16-5-3-2-4-6-16/h2-13,29H,14H2,1H3/b22-12-,27-26?. The molecule has 0 atom stereocenters. The van der Waals surface area contributed by atoms with Gasteiger partial charge in [0.2, 0.25) is 0 Å². The van der Waals surface area contributed by atoms with Crippen LogP contribution in [0, 0.1) is 6.92 Å². The van der Waals surface area contributed by atoms with Crippen molar-refractivity contribution in [3.8, 4) is 5.75 Å². The van der Waals surface area contributed by atoms with Crippen LogP contribution in [-0.2, 0) is 11.3 Å². The first-order chi connectivity index (χ1) is 15.4. The molecule has 6 nitrogen and oxygen atoms in total. The maximum atomic E-state index is 12.8. The molecule has 0 spiro atoms. The number of carbonyl (C=O) groups is 2. The summed E-state index contributed by atoms with van der Waals surface area (Å²) in [6, 6.07) is 19.3. The Morgan fingerprint density at radius 1 is 1.00 bits per heavy atom. The van der Waals surface area contributed by atoms with E-state index >= 15 is 0 Å². The van der Waals surface area contributed by atoms with E-state index in [0.29, 0.717) is 22.0 Å². The lowest BCUT2D eigenvalue weighted by molar-refractivity contribution is -0.123. The van der Waals surface area contributed by atoms with Crippen LogP contribution in [0.2, 0.25) is 5.02 Å². The van der Waals surface area contributed by atoms with Crippen molar-refractivity contribution in [1.29, 1.82) is 0 Å². The predicted molar refractivity (Wildman–Crippen MR) is 126 cm³/mol. The zero-order valence-corrected chi connectivity index (χ0v) is 18.6. The van der Waals surface area contributed by atoms with Crippen LogP contribution >= 0.6 is 23.4 Å². The average Bonchev–Trinajstić information content (AvgIpc) is 3.04. The van der Waals surface area contributed by atoms with Crippen molar-refractivity contribution in [2.45, 2.75) is 13.5 Å². The highest BCUT2D eigenvalue weighted by molar-refractivity contribution is 8.18. The summed E-state index contributed by atoms with van der Waals surface area (Å²) in [5, 5.41) is 18.8. The second-order valence-corrected chi connectivity index (χ2v) is 8.53. The summed E-state index contributed by atoms with van der Waals surface area (Å²) >= 11 is 6.96. The minimum atomic E-state index is -0.399. The van der Waals surface area contributed by atoms with Crippen molar-refractivity contribution in [3.05, 3.63) is 93.3 Å². The molecule has 0 aliphatic carbocycles. The number of imide groups is 1. The fraction of sp³-hybridized carbons (Fsp3) is 0.0833. The highest BCUT2D eigenvalue weighted by Gasteiger charge is 2.35. The third-order valence-electron chi connectivity index (χ3n) is 4.79. The highest BCUT2D eigenvalue weighted by atomic mass is 35.5. The summed E-state index contributed by atoms with van der Waals surface area (Å²) in [7, 11) is 0. The Balaban J connectivity index is 1.56. The molecule has 3 aromatic rings. The average molecular weight is 464 g/mol. The molecule has 1 N–H and O–H groups in total. The van der Waals surface area contributed by atoms with Crippen LogP contribution in [0.1, 0.15) is 16.7 Å². The van der Waals surface area contributed by atoms with Crippen molar-refractivity contribution < 1.29 is 14.7 Å². The molecule has 32 heavy (non-hydrogen) atoms. The monoisotopic (exact) mass is 463 g/mol. The lowest BCUT2D eigenvalue weighted by atomic mass is 10.1.